The largest absolute Gasteiger partial charge is 0.586 e. The Kier molecular flexibility index (Phi) is 19.5. The molecule has 0 aromatic heterocycles. The van der Waals surface area contributed by atoms with Crippen molar-refractivity contribution in [1.29, 1.82) is 0 Å². The molecule has 4 N–H and O–H groups in total. The second kappa shape index (κ2) is 28.3. The molecule has 0 bridgehead atoms. The molecular weight excluding hydrogens is 1190 g/mol. The standard InChI is InChI=1S/C20H23NO3.C19H17F2NO4.C17H15NO4.C17H17NO3/c1-13(2)12-24-19-7-5-4-6-15(19)16-11-20(22)21-18-9-8-14(23-3)10-17(16)18;1-2-7-24-15-6-4-3-5-11(15)12-9-18(23)22-14-10-17-16(8-13(12)14)25-19(20,21)26-17;1-20-11-4-2-10(3-5-11)12-7-17(19)18-14-8-16-15(6-13(12)14)21-9-22-16;1-20-12-5-3-11(4-6-12)14-10-17(19)18-16-8-7-13(21-2)9-15(14)16/h4-10,13,16H,11-12H2,1-3H3,(H,21,22);3-6,8,10,12H,2,7,9H2,1H3,(H,22,23);2-6,8,12H,7,9H2,1H3,(H,18,19);3-9,14H,10H2,1-2H3,(H,18,19). The highest BCUT2D eigenvalue weighted by molar-refractivity contribution is 5.98. The van der Waals surface area contributed by atoms with E-state index in [0.29, 0.717) is 61.1 Å². The minimum atomic E-state index is -3.70. The number of hydrogen-bond donors (Lipinski definition) is 4. The molecule has 6 heterocycles. The summed E-state index contributed by atoms with van der Waals surface area (Å²) in [5.41, 5.74) is 10.9. The molecule has 20 heteroatoms. The number of methoxy groups -OCH3 is 4. The molecule has 482 valence electrons. The van der Waals surface area contributed by atoms with E-state index in [4.69, 9.17) is 37.9 Å². The van der Waals surface area contributed by atoms with Gasteiger partial charge in [0, 0.05) is 95.4 Å². The molecule has 4 atom stereocenters. The Bertz CT molecular complexity index is 4050. The van der Waals surface area contributed by atoms with Gasteiger partial charge in [0.1, 0.15) is 34.5 Å². The predicted octanol–water partition coefficient (Wildman–Crippen LogP) is 14.6. The van der Waals surface area contributed by atoms with E-state index in [-0.39, 0.29) is 72.0 Å². The number of anilines is 4. The number of alkyl halides is 2. The third kappa shape index (κ3) is 14.8. The molecule has 0 aliphatic carbocycles. The summed E-state index contributed by atoms with van der Waals surface area (Å²) < 4.78 is 79.5. The number of fused-ring (bicyclic) bond motifs is 6. The lowest BCUT2D eigenvalue weighted by Crippen LogP contribution is -2.25. The summed E-state index contributed by atoms with van der Waals surface area (Å²) in [5, 5.41) is 11.5. The number of rotatable bonds is 14. The average Bonchev–Trinajstić information content (AvgIpc) is 1.77. The van der Waals surface area contributed by atoms with Gasteiger partial charge in [0.05, 0.1) is 41.7 Å². The number of benzene rings is 8. The number of carbonyl (C=O) groups excluding carboxylic acids is 4. The molecule has 6 aliphatic heterocycles. The van der Waals surface area contributed by atoms with Crippen LogP contribution in [0.5, 0.6) is 57.5 Å². The molecule has 0 fully saturated rings. The second-order valence-electron chi connectivity index (χ2n) is 23.1. The van der Waals surface area contributed by atoms with Crippen molar-refractivity contribution in [3.05, 3.63) is 202 Å². The Morgan fingerprint density at radius 2 is 0.817 bits per heavy atom. The van der Waals surface area contributed by atoms with E-state index < -0.39 is 6.29 Å². The van der Waals surface area contributed by atoms with Gasteiger partial charge in [0.15, 0.2) is 23.0 Å². The van der Waals surface area contributed by atoms with Crippen LogP contribution in [0.25, 0.3) is 0 Å². The van der Waals surface area contributed by atoms with E-state index in [1.807, 2.05) is 153 Å². The van der Waals surface area contributed by atoms with Crippen molar-refractivity contribution in [2.45, 2.75) is 82.8 Å². The van der Waals surface area contributed by atoms with E-state index in [0.717, 1.165) is 96.9 Å². The molecule has 14 rings (SSSR count). The lowest BCUT2D eigenvalue weighted by atomic mass is 9.84. The monoisotopic (exact) mass is 1270 g/mol. The van der Waals surface area contributed by atoms with Crippen molar-refractivity contribution in [3.8, 4) is 57.5 Å². The summed E-state index contributed by atoms with van der Waals surface area (Å²) in [6.07, 6.45) is -1.40. The number of amides is 4. The zero-order valence-electron chi connectivity index (χ0n) is 52.5. The second-order valence-corrected chi connectivity index (χ2v) is 23.1. The zero-order valence-corrected chi connectivity index (χ0v) is 52.5. The van der Waals surface area contributed by atoms with Crippen LogP contribution in [0.4, 0.5) is 31.5 Å². The molecule has 0 saturated carbocycles. The Hall–Kier alpha value is -10.5. The van der Waals surface area contributed by atoms with E-state index in [2.05, 4.69) is 44.6 Å². The molecule has 0 spiro atoms. The smallest absolute Gasteiger partial charge is 0.497 e. The van der Waals surface area contributed by atoms with Crippen molar-refractivity contribution < 1.29 is 75.3 Å². The van der Waals surface area contributed by atoms with Crippen LogP contribution < -0.4 is 68.6 Å². The van der Waals surface area contributed by atoms with Gasteiger partial charge in [0.2, 0.25) is 30.4 Å². The predicted molar refractivity (Wildman–Crippen MR) is 347 cm³/mol. The van der Waals surface area contributed by atoms with Crippen LogP contribution in [0.1, 0.15) is 121 Å². The molecule has 6 aliphatic rings. The maximum Gasteiger partial charge on any atom is 0.586 e. The average molecular weight is 1270 g/mol. The van der Waals surface area contributed by atoms with Crippen LogP contribution in [0.2, 0.25) is 0 Å². The Morgan fingerprint density at radius 3 is 1.29 bits per heavy atom. The minimum absolute atomic E-state index is 0.00385. The van der Waals surface area contributed by atoms with Gasteiger partial charge >= 0.3 is 6.29 Å². The van der Waals surface area contributed by atoms with Gasteiger partial charge in [-0.15, -0.1) is 8.78 Å². The SMILES string of the molecule is CCCOc1ccccc1C1CC(=O)Nc2cc3c(cc21)OC(F)(F)O3.COc1ccc(C2CC(=O)Nc3cc4c(cc32)OCO4)cc1.COc1ccc(C2CC(=O)Nc3ccc(OC)cc32)cc1.COc1ccc2c(c1)C(c1ccccc1OCC(C)C)CC(=O)N2. The molecular formula is C73H72F2N4O14. The van der Waals surface area contributed by atoms with Crippen molar-refractivity contribution >= 4 is 46.4 Å². The number of halogens is 2. The highest BCUT2D eigenvalue weighted by Crippen LogP contribution is 2.51. The summed E-state index contributed by atoms with van der Waals surface area (Å²) in [4.78, 5) is 48.3. The third-order valence-corrected chi connectivity index (χ3v) is 16.5. The first-order valence-electron chi connectivity index (χ1n) is 30.6. The molecule has 93 heavy (non-hydrogen) atoms. The van der Waals surface area contributed by atoms with Gasteiger partial charge < -0.3 is 68.6 Å². The Labute approximate surface area is 537 Å². The maximum atomic E-state index is 13.4. The zero-order chi connectivity index (χ0) is 65.3. The fourth-order valence-electron chi connectivity index (χ4n) is 12.0. The first-order chi connectivity index (χ1) is 45.0. The maximum absolute atomic E-state index is 13.4. The van der Waals surface area contributed by atoms with E-state index in [1.165, 1.54) is 12.1 Å². The minimum Gasteiger partial charge on any atom is -0.497 e. The lowest BCUT2D eigenvalue weighted by Gasteiger charge is -2.28. The number of hydrogen-bond acceptors (Lipinski definition) is 14. The van der Waals surface area contributed by atoms with Crippen molar-refractivity contribution in [2.24, 2.45) is 5.92 Å². The van der Waals surface area contributed by atoms with Crippen LogP contribution in [0.15, 0.2) is 158 Å². The van der Waals surface area contributed by atoms with Crippen molar-refractivity contribution in [1.82, 2.24) is 0 Å². The van der Waals surface area contributed by atoms with Gasteiger partial charge in [-0.05, 0) is 131 Å². The highest BCUT2D eigenvalue weighted by atomic mass is 19.3. The summed E-state index contributed by atoms with van der Waals surface area (Å²) in [5.74, 6) is 5.99. The van der Waals surface area contributed by atoms with Crippen LogP contribution in [0, 0.1) is 5.92 Å². The number of ether oxygens (including phenoxy) is 10. The van der Waals surface area contributed by atoms with Crippen LogP contribution >= 0.6 is 0 Å². The number of para-hydroxylation sites is 2. The Balaban J connectivity index is 0.000000127. The third-order valence-electron chi connectivity index (χ3n) is 16.5. The number of nitrogens with one attached hydrogen (secondary N) is 4. The van der Waals surface area contributed by atoms with Crippen molar-refractivity contribution in [3.63, 3.8) is 0 Å². The quantitative estimate of drug-likeness (QED) is 0.0799. The van der Waals surface area contributed by atoms with Gasteiger partial charge in [0.25, 0.3) is 0 Å². The number of carbonyl (C=O) groups is 4. The summed E-state index contributed by atoms with van der Waals surface area (Å²) in [6, 6.07) is 49.3. The van der Waals surface area contributed by atoms with Crippen LogP contribution in [-0.2, 0) is 19.2 Å². The van der Waals surface area contributed by atoms with Crippen LogP contribution in [-0.4, -0.2) is 78.4 Å². The molecule has 4 unspecified atom stereocenters. The van der Waals surface area contributed by atoms with Gasteiger partial charge in [-0.25, -0.2) is 0 Å². The molecule has 8 aromatic carbocycles. The lowest BCUT2D eigenvalue weighted by molar-refractivity contribution is -0.286. The van der Waals surface area contributed by atoms with Gasteiger partial charge in [-0.3, -0.25) is 19.2 Å². The van der Waals surface area contributed by atoms with E-state index >= 15 is 0 Å². The molecule has 0 saturated heterocycles. The van der Waals surface area contributed by atoms with Crippen molar-refractivity contribution in [2.75, 3.05) is 69.7 Å². The molecule has 0 radical (unpaired) electrons. The highest BCUT2D eigenvalue weighted by Gasteiger charge is 2.45. The molecule has 8 aromatic rings. The first-order valence-corrected chi connectivity index (χ1v) is 30.6. The van der Waals surface area contributed by atoms with Gasteiger partial charge in [-0.2, -0.15) is 0 Å². The van der Waals surface area contributed by atoms with E-state index in [9.17, 15) is 28.0 Å². The normalized spacial score (nSPS) is 18.0. The fourth-order valence-corrected chi connectivity index (χ4v) is 12.0. The summed E-state index contributed by atoms with van der Waals surface area (Å²) in [7, 11) is 6.57. The van der Waals surface area contributed by atoms with E-state index in [1.54, 1.807) is 28.4 Å². The summed E-state index contributed by atoms with van der Waals surface area (Å²) in [6.45, 7) is 7.68. The molecule has 18 nitrogen and oxygen atoms in total. The van der Waals surface area contributed by atoms with Gasteiger partial charge in [-0.1, -0.05) is 81.4 Å². The Morgan fingerprint density at radius 1 is 0.441 bits per heavy atom. The molecule has 4 amide bonds. The first kappa shape index (κ1) is 64.0. The topological polar surface area (TPSA) is 209 Å². The summed E-state index contributed by atoms with van der Waals surface area (Å²) >= 11 is 0. The van der Waals surface area contributed by atoms with Crippen LogP contribution in [0.3, 0.4) is 0 Å². The fraction of sp³-hybridized carbons (Fsp3) is 0.288.